The van der Waals surface area contributed by atoms with Crippen molar-refractivity contribution < 1.29 is 9.90 Å². The second-order valence-electron chi connectivity index (χ2n) is 4.77. The molecule has 114 valence electrons. The standard InChI is InChI=1S/C17H19N3O2/c1-20(12-13-21)16-8-5-15(6-9-16)19-17(22)10-7-14-4-2-3-11-18-14/h2-11,21H,12-13H2,1H3,(H,19,22)/b10-7+. The van der Waals surface area contributed by atoms with E-state index in [0.29, 0.717) is 6.54 Å². The maximum absolute atomic E-state index is 11.8. The zero-order chi connectivity index (χ0) is 15.8. The molecule has 0 radical (unpaired) electrons. The SMILES string of the molecule is CN(CCO)c1ccc(NC(=O)/C=C/c2ccccn2)cc1. The van der Waals surface area contributed by atoms with E-state index < -0.39 is 0 Å². The summed E-state index contributed by atoms with van der Waals surface area (Å²) >= 11 is 0. The molecule has 0 saturated heterocycles. The van der Waals surface area contributed by atoms with Crippen LogP contribution in [0.3, 0.4) is 0 Å². The highest BCUT2D eigenvalue weighted by Gasteiger charge is 2.01. The lowest BCUT2D eigenvalue weighted by atomic mass is 10.2. The summed E-state index contributed by atoms with van der Waals surface area (Å²) in [5, 5.41) is 11.7. The molecule has 5 heteroatoms. The number of hydrogen-bond acceptors (Lipinski definition) is 4. The van der Waals surface area contributed by atoms with Crippen LogP contribution in [0.15, 0.2) is 54.7 Å². The van der Waals surface area contributed by atoms with E-state index in [1.54, 1.807) is 12.3 Å². The molecule has 0 atom stereocenters. The van der Waals surface area contributed by atoms with E-state index >= 15 is 0 Å². The molecule has 0 bridgehead atoms. The van der Waals surface area contributed by atoms with Crippen molar-refractivity contribution in [1.82, 2.24) is 4.98 Å². The van der Waals surface area contributed by atoms with Gasteiger partial charge in [-0.2, -0.15) is 0 Å². The van der Waals surface area contributed by atoms with Gasteiger partial charge in [0.05, 0.1) is 12.3 Å². The van der Waals surface area contributed by atoms with Crippen LogP contribution >= 0.6 is 0 Å². The largest absolute Gasteiger partial charge is 0.395 e. The molecule has 0 aliphatic heterocycles. The monoisotopic (exact) mass is 297 g/mol. The van der Waals surface area contributed by atoms with Crippen molar-refractivity contribution in [3.63, 3.8) is 0 Å². The van der Waals surface area contributed by atoms with E-state index in [4.69, 9.17) is 5.11 Å². The Balaban J connectivity index is 1.93. The van der Waals surface area contributed by atoms with E-state index in [9.17, 15) is 4.79 Å². The van der Waals surface area contributed by atoms with Gasteiger partial charge < -0.3 is 15.3 Å². The molecule has 2 N–H and O–H groups in total. The van der Waals surface area contributed by atoms with Crippen molar-refractivity contribution in [2.75, 3.05) is 30.4 Å². The van der Waals surface area contributed by atoms with Gasteiger partial charge in [0.25, 0.3) is 0 Å². The molecule has 0 saturated carbocycles. The Bertz CT molecular complexity index is 624. The van der Waals surface area contributed by atoms with Gasteiger partial charge in [-0.25, -0.2) is 0 Å². The normalized spacial score (nSPS) is 10.6. The number of carbonyl (C=O) groups excluding carboxylic acids is 1. The van der Waals surface area contributed by atoms with Gasteiger partial charge in [-0.05, 0) is 42.5 Å². The Morgan fingerprint density at radius 2 is 2.05 bits per heavy atom. The van der Waals surface area contributed by atoms with Crippen molar-refractivity contribution in [3.8, 4) is 0 Å². The minimum absolute atomic E-state index is 0.104. The number of benzene rings is 1. The number of aliphatic hydroxyl groups is 1. The fourth-order valence-corrected chi connectivity index (χ4v) is 1.90. The molecular weight excluding hydrogens is 278 g/mol. The predicted molar refractivity (Wildman–Crippen MR) is 88.7 cm³/mol. The Labute approximate surface area is 129 Å². The lowest BCUT2D eigenvalue weighted by Crippen LogP contribution is -2.20. The lowest BCUT2D eigenvalue weighted by Gasteiger charge is -2.18. The van der Waals surface area contributed by atoms with Crippen LogP contribution in [-0.2, 0) is 4.79 Å². The third-order valence-electron chi connectivity index (χ3n) is 3.10. The maximum atomic E-state index is 11.8. The van der Waals surface area contributed by atoms with Crippen molar-refractivity contribution >= 4 is 23.4 Å². The molecule has 2 rings (SSSR count). The Kier molecular flexibility index (Phi) is 5.68. The first-order chi connectivity index (χ1) is 10.7. The fourth-order valence-electron chi connectivity index (χ4n) is 1.90. The molecule has 0 spiro atoms. The highest BCUT2D eigenvalue weighted by molar-refractivity contribution is 6.01. The number of pyridine rings is 1. The Hall–Kier alpha value is -2.66. The molecule has 2 aromatic rings. The summed E-state index contributed by atoms with van der Waals surface area (Å²) in [5.41, 5.74) is 2.44. The number of hydrogen-bond donors (Lipinski definition) is 2. The van der Waals surface area contributed by atoms with Crippen LogP contribution in [-0.4, -0.2) is 36.2 Å². The number of carbonyl (C=O) groups is 1. The summed E-state index contributed by atoms with van der Waals surface area (Å²) in [6, 6.07) is 13.0. The maximum Gasteiger partial charge on any atom is 0.248 e. The van der Waals surface area contributed by atoms with Gasteiger partial charge in [0.2, 0.25) is 5.91 Å². The quantitative estimate of drug-likeness (QED) is 0.802. The second-order valence-corrected chi connectivity index (χ2v) is 4.77. The first-order valence-corrected chi connectivity index (χ1v) is 7.01. The third-order valence-corrected chi connectivity index (χ3v) is 3.10. The number of nitrogens with one attached hydrogen (secondary N) is 1. The van der Waals surface area contributed by atoms with Crippen molar-refractivity contribution in [3.05, 3.63) is 60.4 Å². The summed E-state index contributed by atoms with van der Waals surface area (Å²) < 4.78 is 0. The average Bonchev–Trinajstić information content (AvgIpc) is 2.55. The van der Waals surface area contributed by atoms with Crippen LogP contribution in [0.2, 0.25) is 0 Å². The summed E-state index contributed by atoms with van der Waals surface area (Å²) in [6.45, 7) is 0.672. The van der Waals surface area contributed by atoms with Gasteiger partial charge in [0, 0.05) is 37.2 Å². The fraction of sp³-hybridized carbons (Fsp3) is 0.176. The zero-order valence-electron chi connectivity index (χ0n) is 12.4. The summed E-state index contributed by atoms with van der Waals surface area (Å²) in [6.07, 6.45) is 4.80. The number of amides is 1. The van der Waals surface area contributed by atoms with Crippen LogP contribution in [0, 0.1) is 0 Å². The van der Waals surface area contributed by atoms with Gasteiger partial charge in [0.15, 0.2) is 0 Å². The Morgan fingerprint density at radius 3 is 2.68 bits per heavy atom. The Morgan fingerprint density at radius 1 is 1.27 bits per heavy atom. The number of aromatic nitrogens is 1. The summed E-state index contributed by atoms with van der Waals surface area (Å²) in [5.74, 6) is -0.206. The molecule has 1 aromatic carbocycles. The number of aliphatic hydroxyl groups excluding tert-OH is 1. The van der Waals surface area contributed by atoms with E-state index in [0.717, 1.165) is 17.1 Å². The van der Waals surface area contributed by atoms with E-state index in [-0.39, 0.29) is 12.5 Å². The smallest absolute Gasteiger partial charge is 0.248 e. The van der Waals surface area contributed by atoms with Gasteiger partial charge in [-0.3, -0.25) is 9.78 Å². The molecular formula is C17H19N3O2. The summed E-state index contributed by atoms with van der Waals surface area (Å²) in [4.78, 5) is 17.9. The average molecular weight is 297 g/mol. The zero-order valence-corrected chi connectivity index (χ0v) is 12.4. The van der Waals surface area contributed by atoms with Crippen LogP contribution in [0.25, 0.3) is 6.08 Å². The van der Waals surface area contributed by atoms with E-state index in [1.165, 1.54) is 6.08 Å². The molecule has 0 unspecified atom stereocenters. The minimum Gasteiger partial charge on any atom is -0.395 e. The molecule has 5 nitrogen and oxygen atoms in total. The third kappa shape index (κ3) is 4.71. The molecule has 22 heavy (non-hydrogen) atoms. The van der Waals surface area contributed by atoms with Crippen LogP contribution in [0.4, 0.5) is 11.4 Å². The first-order valence-electron chi connectivity index (χ1n) is 7.01. The van der Waals surface area contributed by atoms with E-state index in [2.05, 4.69) is 10.3 Å². The molecule has 1 heterocycles. The molecule has 0 aliphatic rings. The van der Waals surface area contributed by atoms with E-state index in [1.807, 2.05) is 54.4 Å². The van der Waals surface area contributed by atoms with Gasteiger partial charge in [-0.15, -0.1) is 0 Å². The molecule has 1 aromatic heterocycles. The number of rotatable bonds is 6. The van der Waals surface area contributed by atoms with Gasteiger partial charge in [0.1, 0.15) is 0 Å². The van der Waals surface area contributed by atoms with Crippen molar-refractivity contribution in [2.24, 2.45) is 0 Å². The van der Waals surface area contributed by atoms with Crippen molar-refractivity contribution in [1.29, 1.82) is 0 Å². The highest BCUT2D eigenvalue weighted by atomic mass is 16.3. The number of anilines is 2. The topological polar surface area (TPSA) is 65.5 Å². The highest BCUT2D eigenvalue weighted by Crippen LogP contribution is 2.16. The summed E-state index contributed by atoms with van der Waals surface area (Å²) in [7, 11) is 1.90. The molecule has 0 aliphatic carbocycles. The van der Waals surface area contributed by atoms with Crippen LogP contribution in [0.5, 0.6) is 0 Å². The van der Waals surface area contributed by atoms with Gasteiger partial charge in [-0.1, -0.05) is 6.07 Å². The molecule has 1 amide bonds. The van der Waals surface area contributed by atoms with Crippen molar-refractivity contribution in [2.45, 2.75) is 0 Å². The minimum atomic E-state index is -0.206. The predicted octanol–water partition coefficient (Wildman–Crippen LogP) is 2.16. The first kappa shape index (κ1) is 15.7. The number of likely N-dealkylation sites (N-methyl/N-ethyl adjacent to an activating group) is 1. The van der Waals surface area contributed by atoms with Gasteiger partial charge >= 0.3 is 0 Å². The second kappa shape index (κ2) is 7.95. The lowest BCUT2D eigenvalue weighted by molar-refractivity contribution is -0.111. The van der Waals surface area contributed by atoms with Crippen LogP contribution < -0.4 is 10.2 Å². The molecule has 0 fully saturated rings. The van der Waals surface area contributed by atoms with Crippen LogP contribution in [0.1, 0.15) is 5.69 Å². The number of nitrogens with zero attached hydrogens (tertiary/aromatic N) is 2.